The Morgan fingerprint density at radius 3 is 2.21 bits per heavy atom. The van der Waals surface area contributed by atoms with Gasteiger partial charge in [-0.3, -0.25) is 0 Å². The topological polar surface area (TPSA) is 52.0 Å². The second-order valence-corrected chi connectivity index (χ2v) is 10.1. The number of imidazole rings is 1. The Kier molecular flexibility index (Phi) is 6.26. The van der Waals surface area contributed by atoms with Crippen LogP contribution in [-0.2, 0) is 10.0 Å². The summed E-state index contributed by atoms with van der Waals surface area (Å²) >= 11 is 6.18. The number of aromatic nitrogens is 2. The summed E-state index contributed by atoms with van der Waals surface area (Å²) in [6, 6.07) is 12.5. The first-order valence-electron chi connectivity index (χ1n) is 10.5. The summed E-state index contributed by atoms with van der Waals surface area (Å²) in [5.74, 6) is 0.433. The van der Waals surface area contributed by atoms with Crippen LogP contribution in [0.5, 0.6) is 0 Å². The highest BCUT2D eigenvalue weighted by Gasteiger charge is 2.24. The third-order valence-corrected chi connectivity index (χ3v) is 8.16. The van der Waals surface area contributed by atoms with Crippen molar-refractivity contribution in [3.63, 3.8) is 0 Å². The second-order valence-electron chi connectivity index (χ2n) is 7.94. The molecular weight excluding hydrogens is 404 g/mol. The molecule has 1 fully saturated rings. The van der Waals surface area contributed by atoms with Crippen LogP contribution in [0.1, 0.15) is 69.3 Å². The van der Waals surface area contributed by atoms with Crippen LogP contribution in [0.15, 0.2) is 53.7 Å². The van der Waals surface area contributed by atoms with Crippen LogP contribution in [0.2, 0.25) is 5.02 Å². The molecule has 1 heterocycles. The van der Waals surface area contributed by atoms with E-state index in [9.17, 15) is 8.42 Å². The lowest BCUT2D eigenvalue weighted by Gasteiger charge is -2.19. The second kappa shape index (κ2) is 8.88. The van der Waals surface area contributed by atoms with Crippen molar-refractivity contribution in [3.05, 3.63) is 59.4 Å². The van der Waals surface area contributed by atoms with E-state index < -0.39 is 10.0 Å². The van der Waals surface area contributed by atoms with Crippen LogP contribution in [0, 0.1) is 0 Å². The van der Waals surface area contributed by atoms with Gasteiger partial charge in [0.1, 0.15) is 11.2 Å². The SMILES string of the molecule is O=S(=O)(c1ccccc1Cl)n1cnc2c(C3CCCCCCCCC3)cccc21. The van der Waals surface area contributed by atoms with Crippen molar-refractivity contribution < 1.29 is 8.42 Å². The van der Waals surface area contributed by atoms with E-state index in [1.807, 2.05) is 12.1 Å². The number of hydrogen-bond donors (Lipinski definition) is 0. The fraction of sp³-hybridized carbons (Fsp3) is 0.435. The summed E-state index contributed by atoms with van der Waals surface area (Å²) < 4.78 is 27.8. The Bertz CT molecular complexity index is 1080. The standard InChI is InChI=1S/C23H27ClN2O2S/c24-20-14-8-9-16-22(20)29(27,28)26-17-25-23-19(13-10-15-21(23)26)18-11-6-4-2-1-3-5-7-12-18/h8-10,13-18H,1-7,11-12H2. The Morgan fingerprint density at radius 2 is 1.52 bits per heavy atom. The van der Waals surface area contributed by atoms with Crippen molar-refractivity contribution in [2.45, 2.75) is 68.6 Å². The average molecular weight is 431 g/mol. The van der Waals surface area contributed by atoms with Gasteiger partial charge in [0.2, 0.25) is 0 Å². The number of para-hydroxylation sites is 1. The number of hydrogen-bond acceptors (Lipinski definition) is 3. The maximum Gasteiger partial charge on any atom is 0.270 e. The lowest BCUT2D eigenvalue weighted by Crippen LogP contribution is -2.12. The molecule has 4 rings (SSSR count). The molecule has 1 aliphatic carbocycles. The fourth-order valence-corrected chi connectivity index (χ4v) is 6.22. The maximum atomic E-state index is 13.2. The lowest BCUT2D eigenvalue weighted by atomic mass is 9.86. The van der Waals surface area contributed by atoms with Gasteiger partial charge in [0.25, 0.3) is 10.0 Å². The molecule has 0 N–H and O–H groups in total. The third-order valence-electron chi connectivity index (χ3n) is 5.99. The molecule has 4 nitrogen and oxygen atoms in total. The Balaban J connectivity index is 1.74. The van der Waals surface area contributed by atoms with Crippen molar-refractivity contribution in [1.29, 1.82) is 0 Å². The van der Waals surface area contributed by atoms with E-state index in [4.69, 9.17) is 11.6 Å². The molecule has 0 saturated heterocycles. The van der Waals surface area contributed by atoms with E-state index in [-0.39, 0.29) is 9.92 Å². The molecule has 0 bridgehead atoms. The first kappa shape index (κ1) is 20.4. The molecule has 0 spiro atoms. The van der Waals surface area contributed by atoms with Crippen molar-refractivity contribution in [2.24, 2.45) is 0 Å². The Morgan fingerprint density at radius 1 is 0.862 bits per heavy atom. The van der Waals surface area contributed by atoms with Crippen LogP contribution in [0.3, 0.4) is 0 Å². The van der Waals surface area contributed by atoms with E-state index in [0.717, 1.165) is 18.4 Å². The first-order chi connectivity index (χ1) is 14.1. The average Bonchev–Trinajstić information content (AvgIpc) is 3.17. The molecule has 3 aromatic rings. The molecule has 0 radical (unpaired) electrons. The van der Waals surface area contributed by atoms with Crippen molar-refractivity contribution >= 4 is 32.7 Å². The molecule has 0 unspecified atom stereocenters. The maximum absolute atomic E-state index is 13.2. The minimum absolute atomic E-state index is 0.102. The zero-order chi connectivity index (χ0) is 20.3. The number of halogens is 1. The highest BCUT2D eigenvalue weighted by molar-refractivity contribution is 7.90. The molecule has 29 heavy (non-hydrogen) atoms. The Labute approximate surface area is 178 Å². The van der Waals surface area contributed by atoms with Crippen LogP contribution in [-0.4, -0.2) is 17.4 Å². The van der Waals surface area contributed by atoms with Gasteiger partial charge in [0.15, 0.2) is 0 Å². The lowest BCUT2D eigenvalue weighted by molar-refractivity contribution is 0.464. The highest BCUT2D eigenvalue weighted by Crippen LogP contribution is 2.35. The smallest absolute Gasteiger partial charge is 0.235 e. The first-order valence-corrected chi connectivity index (χ1v) is 12.4. The Hall–Kier alpha value is -1.85. The molecule has 2 aromatic carbocycles. The van der Waals surface area contributed by atoms with Crippen molar-refractivity contribution in [1.82, 2.24) is 8.96 Å². The van der Waals surface area contributed by atoms with Crippen LogP contribution in [0.25, 0.3) is 11.0 Å². The summed E-state index contributed by atoms with van der Waals surface area (Å²) in [5.41, 5.74) is 2.60. The van der Waals surface area contributed by atoms with Gasteiger partial charge in [0, 0.05) is 0 Å². The summed E-state index contributed by atoms with van der Waals surface area (Å²) in [4.78, 5) is 4.65. The van der Waals surface area contributed by atoms with E-state index in [0.29, 0.717) is 11.4 Å². The number of fused-ring (bicyclic) bond motifs is 1. The van der Waals surface area contributed by atoms with E-state index >= 15 is 0 Å². The third kappa shape index (κ3) is 4.22. The number of benzene rings is 2. The summed E-state index contributed by atoms with van der Waals surface area (Å²) in [6.07, 6.45) is 12.7. The van der Waals surface area contributed by atoms with Crippen LogP contribution < -0.4 is 0 Å². The highest BCUT2D eigenvalue weighted by atomic mass is 35.5. The van der Waals surface area contributed by atoms with Crippen molar-refractivity contribution in [3.8, 4) is 0 Å². The fourth-order valence-electron chi connectivity index (χ4n) is 4.44. The van der Waals surface area contributed by atoms with Crippen LogP contribution in [0.4, 0.5) is 0 Å². The van der Waals surface area contributed by atoms with E-state index in [1.54, 1.807) is 18.2 Å². The van der Waals surface area contributed by atoms with Gasteiger partial charge < -0.3 is 0 Å². The minimum atomic E-state index is -3.80. The summed E-state index contributed by atoms with van der Waals surface area (Å²) in [5, 5.41) is 0.220. The van der Waals surface area contributed by atoms with E-state index in [2.05, 4.69) is 11.1 Å². The predicted molar refractivity (Wildman–Crippen MR) is 118 cm³/mol. The van der Waals surface area contributed by atoms with Gasteiger partial charge in [0.05, 0.1) is 16.1 Å². The number of nitrogens with zero attached hydrogens (tertiary/aromatic N) is 2. The van der Waals surface area contributed by atoms with Gasteiger partial charge in [-0.05, 0) is 42.5 Å². The van der Waals surface area contributed by atoms with Crippen molar-refractivity contribution in [2.75, 3.05) is 0 Å². The monoisotopic (exact) mass is 430 g/mol. The van der Waals surface area contributed by atoms with Gasteiger partial charge in [-0.2, -0.15) is 0 Å². The molecule has 6 heteroatoms. The molecule has 0 atom stereocenters. The molecule has 154 valence electrons. The molecular formula is C23H27ClN2O2S. The largest absolute Gasteiger partial charge is 0.270 e. The minimum Gasteiger partial charge on any atom is -0.235 e. The number of rotatable bonds is 3. The molecule has 1 aliphatic rings. The van der Waals surface area contributed by atoms with Gasteiger partial charge >= 0.3 is 0 Å². The molecule has 0 aliphatic heterocycles. The van der Waals surface area contributed by atoms with Crippen LogP contribution >= 0.6 is 11.6 Å². The summed E-state index contributed by atoms with van der Waals surface area (Å²) in [7, 11) is -3.80. The zero-order valence-electron chi connectivity index (χ0n) is 16.6. The van der Waals surface area contributed by atoms with Gasteiger partial charge in [-0.25, -0.2) is 17.4 Å². The molecule has 1 aromatic heterocycles. The predicted octanol–water partition coefficient (Wildman–Crippen LogP) is 6.53. The zero-order valence-corrected chi connectivity index (χ0v) is 18.1. The van der Waals surface area contributed by atoms with Gasteiger partial charge in [-0.1, -0.05) is 80.8 Å². The van der Waals surface area contributed by atoms with E-state index in [1.165, 1.54) is 66.9 Å². The molecule has 1 saturated carbocycles. The molecule has 0 amide bonds. The summed E-state index contributed by atoms with van der Waals surface area (Å²) in [6.45, 7) is 0. The quantitative estimate of drug-likeness (QED) is 0.474. The van der Waals surface area contributed by atoms with Gasteiger partial charge in [-0.15, -0.1) is 0 Å². The normalized spacial score (nSPS) is 17.4.